The van der Waals surface area contributed by atoms with E-state index < -0.39 is 17.4 Å². The predicted molar refractivity (Wildman–Crippen MR) is 121 cm³/mol. The highest BCUT2D eigenvalue weighted by Gasteiger charge is 2.28. The first-order valence-electron chi connectivity index (χ1n) is 10.2. The Bertz CT molecular complexity index is 1120. The monoisotopic (exact) mass is 453 g/mol. The molecule has 0 fully saturated rings. The quantitative estimate of drug-likeness (QED) is 0.515. The zero-order valence-corrected chi connectivity index (χ0v) is 18.3. The van der Waals surface area contributed by atoms with E-state index >= 15 is 0 Å². The Labute approximate surface area is 188 Å². The van der Waals surface area contributed by atoms with E-state index in [0.29, 0.717) is 17.1 Å². The third kappa shape index (κ3) is 4.58. The number of furan rings is 1. The number of aliphatic hydroxyl groups is 1. The van der Waals surface area contributed by atoms with E-state index in [0.717, 1.165) is 24.1 Å². The fourth-order valence-corrected chi connectivity index (χ4v) is 4.28. The molecular formula is C23H23N3O5S. The molecule has 4 rings (SSSR count). The summed E-state index contributed by atoms with van der Waals surface area (Å²) in [5.41, 5.74) is 0.767. The second-order valence-electron chi connectivity index (χ2n) is 7.77. The van der Waals surface area contributed by atoms with E-state index in [1.165, 1.54) is 24.5 Å². The summed E-state index contributed by atoms with van der Waals surface area (Å²) < 4.78 is 5.16. The molecule has 166 valence electrons. The third-order valence-electron chi connectivity index (χ3n) is 5.28. The van der Waals surface area contributed by atoms with Crippen LogP contribution in [-0.2, 0) is 21.6 Å². The van der Waals surface area contributed by atoms with Crippen molar-refractivity contribution in [2.24, 2.45) is 0 Å². The molecule has 1 aliphatic rings. The molecule has 0 saturated heterocycles. The van der Waals surface area contributed by atoms with Crippen molar-refractivity contribution in [1.82, 2.24) is 5.32 Å². The first kappa shape index (κ1) is 21.8. The van der Waals surface area contributed by atoms with Gasteiger partial charge in [0.05, 0.1) is 17.7 Å². The number of thiophene rings is 1. The van der Waals surface area contributed by atoms with Crippen molar-refractivity contribution in [2.45, 2.75) is 25.4 Å². The van der Waals surface area contributed by atoms with Crippen LogP contribution < -0.4 is 15.5 Å². The molecule has 3 heterocycles. The molecule has 3 N–H and O–H groups in total. The maximum atomic E-state index is 12.8. The van der Waals surface area contributed by atoms with Crippen LogP contribution in [0.5, 0.6) is 0 Å². The molecule has 3 aromatic rings. The van der Waals surface area contributed by atoms with Crippen LogP contribution in [0.15, 0.2) is 58.5 Å². The lowest BCUT2D eigenvalue weighted by Crippen LogP contribution is -2.43. The Hall–Kier alpha value is -3.43. The zero-order chi connectivity index (χ0) is 22.7. The number of nitrogens with zero attached hydrogens (tertiary/aromatic N) is 1. The summed E-state index contributed by atoms with van der Waals surface area (Å²) in [7, 11) is 0. The smallest absolute Gasteiger partial charge is 0.313 e. The molecule has 0 saturated carbocycles. The van der Waals surface area contributed by atoms with Crippen LogP contribution in [0.2, 0.25) is 0 Å². The first-order chi connectivity index (χ1) is 15.3. The third-order valence-corrected chi connectivity index (χ3v) is 6.14. The van der Waals surface area contributed by atoms with Crippen LogP contribution in [0.25, 0.3) is 0 Å². The van der Waals surface area contributed by atoms with Crippen molar-refractivity contribution in [3.63, 3.8) is 0 Å². The minimum absolute atomic E-state index is 0.0410. The summed E-state index contributed by atoms with van der Waals surface area (Å²) in [6.45, 7) is 1.93. The number of benzene rings is 1. The number of hydrogen-bond donors (Lipinski definition) is 3. The number of rotatable bonds is 5. The number of anilines is 2. The molecule has 0 aliphatic carbocycles. The topological polar surface area (TPSA) is 112 Å². The van der Waals surface area contributed by atoms with Crippen LogP contribution >= 0.6 is 11.3 Å². The average Bonchev–Trinajstić information content (AvgIpc) is 3.51. The van der Waals surface area contributed by atoms with E-state index in [-0.39, 0.29) is 18.2 Å². The highest BCUT2D eigenvalue weighted by atomic mass is 32.1. The van der Waals surface area contributed by atoms with Gasteiger partial charge < -0.3 is 25.1 Å². The Morgan fingerprint density at radius 1 is 1.19 bits per heavy atom. The van der Waals surface area contributed by atoms with Gasteiger partial charge in [-0.15, -0.1) is 11.3 Å². The number of carbonyl (C=O) groups excluding carboxylic acids is 3. The van der Waals surface area contributed by atoms with Gasteiger partial charge in [-0.05, 0) is 67.1 Å². The second-order valence-corrected chi connectivity index (χ2v) is 8.72. The van der Waals surface area contributed by atoms with Gasteiger partial charge in [-0.3, -0.25) is 14.4 Å². The number of fused-ring (bicyclic) bond motifs is 1. The molecule has 0 bridgehead atoms. The number of amides is 3. The average molecular weight is 454 g/mol. The number of carbonyl (C=O) groups is 3. The van der Waals surface area contributed by atoms with Gasteiger partial charge in [0, 0.05) is 17.9 Å². The van der Waals surface area contributed by atoms with Gasteiger partial charge in [0.25, 0.3) is 5.91 Å². The normalized spacial score (nSPS) is 14.9. The minimum atomic E-state index is -1.44. The Balaban J connectivity index is 1.40. The molecule has 32 heavy (non-hydrogen) atoms. The molecular weight excluding hydrogens is 430 g/mol. The standard InChI is InChI=1S/C23H23N3O5S/c1-23(30,19-7-3-11-31-19)14-24-20(27)21(28)25-16-8-9-17-15(13-16)5-2-10-26(17)22(29)18-6-4-12-32-18/h3-4,6-9,11-13,30H,2,5,10,14H2,1H3,(H,24,27)(H,25,28). The number of hydrogen-bond acceptors (Lipinski definition) is 6. The van der Waals surface area contributed by atoms with E-state index in [2.05, 4.69) is 10.6 Å². The Morgan fingerprint density at radius 3 is 2.75 bits per heavy atom. The van der Waals surface area contributed by atoms with Gasteiger partial charge in [-0.1, -0.05) is 6.07 Å². The zero-order valence-electron chi connectivity index (χ0n) is 17.5. The lowest BCUT2D eigenvalue weighted by molar-refractivity contribution is -0.136. The summed E-state index contributed by atoms with van der Waals surface area (Å²) in [6, 6.07) is 12.1. The van der Waals surface area contributed by atoms with Crippen LogP contribution in [0.3, 0.4) is 0 Å². The van der Waals surface area contributed by atoms with Crippen molar-refractivity contribution >= 4 is 40.4 Å². The van der Waals surface area contributed by atoms with Gasteiger partial charge in [0.1, 0.15) is 11.4 Å². The van der Waals surface area contributed by atoms with E-state index in [1.54, 1.807) is 41.3 Å². The predicted octanol–water partition coefficient (Wildman–Crippen LogP) is 2.90. The number of aryl methyl sites for hydroxylation is 1. The fourth-order valence-electron chi connectivity index (χ4n) is 3.61. The second kappa shape index (κ2) is 8.97. The van der Waals surface area contributed by atoms with Crippen molar-refractivity contribution in [3.05, 3.63) is 70.3 Å². The highest BCUT2D eigenvalue weighted by Crippen LogP contribution is 2.31. The Kier molecular flexibility index (Phi) is 6.11. The SMILES string of the molecule is CC(O)(CNC(=O)C(=O)Nc1ccc2c(c1)CCCN2C(=O)c1cccs1)c1ccco1. The molecule has 1 unspecified atom stereocenters. The number of nitrogens with one attached hydrogen (secondary N) is 2. The first-order valence-corrected chi connectivity index (χ1v) is 11.1. The summed E-state index contributed by atoms with van der Waals surface area (Å²) in [5.74, 6) is -1.47. The highest BCUT2D eigenvalue weighted by molar-refractivity contribution is 7.12. The van der Waals surface area contributed by atoms with Gasteiger partial charge in [-0.2, -0.15) is 0 Å². The van der Waals surface area contributed by atoms with Crippen LogP contribution in [0, 0.1) is 0 Å². The lowest BCUT2D eigenvalue weighted by atomic mass is 10.0. The molecule has 3 amide bonds. The maximum absolute atomic E-state index is 12.8. The van der Waals surface area contributed by atoms with Crippen LogP contribution in [0.4, 0.5) is 11.4 Å². The molecule has 1 aromatic carbocycles. The molecule has 0 radical (unpaired) electrons. The molecule has 2 aromatic heterocycles. The molecule has 0 spiro atoms. The van der Waals surface area contributed by atoms with E-state index in [4.69, 9.17) is 4.42 Å². The van der Waals surface area contributed by atoms with Crippen LogP contribution in [0.1, 0.15) is 34.3 Å². The summed E-state index contributed by atoms with van der Waals surface area (Å²) >= 11 is 1.40. The maximum Gasteiger partial charge on any atom is 0.313 e. The van der Waals surface area contributed by atoms with E-state index in [1.807, 2.05) is 11.4 Å². The molecule has 1 aliphatic heterocycles. The van der Waals surface area contributed by atoms with Gasteiger partial charge >= 0.3 is 11.8 Å². The molecule has 8 nitrogen and oxygen atoms in total. The Morgan fingerprint density at radius 2 is 2.03 bits per heavy atom. The molecule has 1 atom stereocenters. The fraction of sp³-hybridized carbons (Fsp3) is 0.261. The van der Waals surface area contributed by atoms with Crippen LogP contribution in [-0.4, -0.2) is 35.9 Å². The van der Waals surface area contributed by atoms with Gasteiger partial charge in [0.15, 0.2) is 0 Å². The summed E-state index contributed by atoms with van der Waals surface area (Å²) in [4.78, 5) is 39.8. The summed E-state index contributed by atoms with van der Waals surface area (Å²) in [5, 5.41) is 17.3. The van der Waals surface area contributed by atoms with Crippen molar-refractivity contribution in [2.75, 3.05) is 23.3 Å². The summed E-state index contributed by atoms with van der Waals surface area (Å²) in [6.07, 6.45) is 3.00. The van der Waals surface area contributed by atoms with Crippen molar-refractivity contribution in [1.29, 1.82) is 0 Å². The van der Waals surface area contributed by atoms with Gasteiger partial charge in [0.2, 0.25) is 0 Å². The van der Waals surface area contributed by atoms with Gasteiger partial charge in [-0.25, -0.2) is 0 Å². The molecule has 9 heteroatoms. The minimum Gasteiger partial charge on any atom is -0.466 e. The largest absolute Gasteiger partial charge is 0.466 e. The van der Waals surface area contributed by atoms with E-state index in [9.17, 15) is 19.5 Å². The lowest BCUT2D eigenvalue weighted by Gasteiger charge is -2.29. The van der Waals surface area contributed by atoms with Crippen molar-refractivity contribution in [3.8, 4) is 0 Å². The van der Waals surface area contributed by atoms with Crippen molar-refractivity contribution < 1.29 is 23.9 Å².